The van der Waals surface area contributed by atoms with Crippen LogP contribution in [-0.2, 0) is 11.2 Å². The van der Waals surface area contributed by atoms with Crippen LogP contribution in [0.15, 0.2) is 4.52 Å². The van der Waals surface area contributed by atoms with Crippen LogP contribution in [0.3, 0.4) is 0 Å². The Morgan fingerprint density at radius 1 is 1.35 bits per heavy atom. The Labute approximate surface area is 118 Å². The zero-order chi connectivity index (χ0) is 13.5. The molecule has 110 valence electrons. The van der Waals surface area contributed by atoms with Crippen LogP contribution in [0.4, 0.5) is 0 Å². The Hall–Kier alpha value is -0.980. The molecule has 1 aromatic heterocycles. The van der Waals surface area contributed by atoms with Gasteiger partial charge in [-0.2, -0.15) is 4.98 Å². The van der Waals surface area contributed by atoms with E-state index >= 15 is 0 Å². The molecular formula is C14H22N4O2. The van der Waals surface area contributed by atoms with E-state index < -0.39 is 0 Å². The number of hydrogen-bond acceptors (Lipinski definition) is 6. The third-order valence-corrected chi connectivity index (χ3v) is 4.80. The number of fused-ring (bicyclic) bond motifs is 1. The first-order valence-corrected chi connectivity index (χ1v) is 7.73. The standard InChI is InChI=1S/C14H22N4O2/c15-11(9-3-4-9)6-13-16-14(17-20-13)12-7-18-5-1-2-10(18)8-19-12/h9-12H,1-8,15H2. The minimum absolute atomic E-state index is 0.0426. The van der Waals surface area contributed by atoms with Gasteiger partial charge in [0, 0.05) is 25.0 Å². The van der Waals surface area contributed by atoms with E-state index in [1.165, 1.54) is 32.2 Å². The van der Waals surface area contributed by atoms with Gasteiger partial charge >= 0.3 is 0 Å². The molecule has 3 atom stereocenters. The molecule has 3 aliphatic rings. The fourth-order valence-electron chi connectivity index (χ4n) is 3.35. The summed E-state index contributed by atoms with van der Waals surface area (Å²) in [4.78, 5) is 6.98. The Morgan fingerprint density at radius 2 is 2.25 bits per heavy atom. The average Bonchev–Trinajstić information content (AvgIpc) is 3.03. The van der Waals surface area contributed by atoms with Gasteiger partial charge in [-0.1, -0.05) is 5.16 Å². The number of nitrogens with zero attached hydrogens (tertiary/aromatic N) is 3. The first kappa shape index (κ1) is 12.7. The summed E-state index contributed by atoms with van der Waals surface area (Å²) in [6.07, 6.45) is 5.65. The van der Waals surface area contributed by atoms with Crippen LogP contribution in [0.2, 0.25) is 0 Å². The average molecular weight is 278 g/mol. The van der Waals surface area contributed by atoms with E-state index in [2.05, 4.69) is 15.0 Å². The monoisotopic (exact) mass is 278 g/mol. The quantitative estimate of drug-likeness (QED) is 0.881. The highest BCUT2D eigenvalue weighted by Gasteiger charge is 2.35. The molecule has 0 radical (unpaired) electrons. The molecule has 2 saturated heterocycles. The van der Waals surface area contributed by atoms with Crippen LogP contribution in [0.25, 0.3) is 0 Å². The number of ether oxygens (including phenoxy) is 1. The van der Waals surface area contributed by atoms with Crippen molar-refractivity contribution in [2.24, 2.45) is 11.7 Å². The molecule has 1 saturated carbocycles. The molecule has 0 bridgehead atoms. The van der Waals surface area contributed by atoms with Crippen molar-refractivity contribution in [2.45, 2.75) is 50.3 Å². The molecule has 6 nitrogen and oxygen atoms in total. The Balaban J connectivity index is 1.39. The van der Waals surface area contributed by atoms with Gasteiger partial charge in [-0.25, -0.2) is 0 Å². The van der Waals surface area contributed by atoms with Gasteiger partial charge in [0.1, 0.15) is 6.10 Å². The molecule has 2 aliphatic heterocycles. The lowest BCUT2D eigenvalue weighted by atomic mass is 10.1. The smallest absolute Gasteiger partial charge is 0.228 e. The molecule has 6 heteroatoms. The van der Waals surface area contributed by atoms with Crippen molar-refractivity contribution < 1.29 is 9.26 Å². The predicted molar refractivity (Wildman–Crippen MR) is 72.0 cm³/mol. The van der Waals surface area contributed by atoms with Crippen molar-refractivity contribution in [1.29, 1.82) is 0 Å². The largest absolute Gasteiger partial charge is 0.367 e. The number of nitrogens with two attached hydrogens (primary N) is 1. The summed E-state index contributed by atoms with van der Waals surface area (Å²) >= 11 is 0. The fourth-order valence-corrected chi connectivity index (χ4v) is 3.35. The van der Waals surface area contributed by atoms with E-state index in [1.807, 2.05) is 0 Å². The number of aromatic nitrogens is 2. The van der Waals surface area contributed by atoms with Crippen molar-refractivity contribution in [1.82, 2.24) is 15.0 Å². The number of morpholine rings is 1. The number of rotatable bonds is 4. The maximum atomic E-state index is 6.10. The van der Waals surface area contributed by atoms with Gasteiger partial charge in [0.2, 0.25) is 11.7 Å². The summed E-state index contributed by atoms with van der Waals surface area (Å²) in [5, 5.41) is 4.09. The molecule has 4 rings (SSSR count). The fraction of sp³-hybridized carbons (Fsp3) is 0.857. The molecule has 0 spiro atoms. The van der Waals surface area contributed by atoms with Crippen molar-refractivity contribution in [3.05, 3.63) is 11.7 Å². The van der Waals surface area contributed by atoms with E-state index in [4.69, 9.17) is 15.0 Å². The van der Waals surface area contributed by atoms with E-state index in [9.17, 15) is 0 Å². The summed E-state index contributed by atoms with van der Waals surface area (Å²) in [6.45, 7) is 2.84. The van der Waals surface area contributed by atoms with Gasteiger partial charge in [-0.3, -0.25) is 4.90 Å². The highest BCUT2D eigenvalue weighted by atomic mass is 16.5. The molecule has 1 aromatic rings. The summed E-state index contributed by atoms with van der Waals surface area (Å²) in [6, 6.07) is 0.763. The van der Waals surface area contributed by atoms with Crippen LogP contribution >= 0.6 is 0 Å². The predicted octanol–water partition coefficient (Wildman–Crippen LogP) is 0.885. The number of hydrogen-bond donors (Lipinski definition) is 1. The van der Waals surface area contributed by atoms with Crippen molar-refractivity contribution in [3.8, 4) is 0 Å². The Kier molecular flexibility index (Phi) is 3.24. The molecule has 20 heavy (non-hydrogen) atoms. The summed E-state index contributed by atoms with van der Waals surface area (Å²) in [5.41, 5.74) is 6.10. The van der Waals surface area contributed by atoms with E-state index in [-0.39, 0.29) is 12.1 Å². The molecule has 3 fully saturated rings. The summed E-state index contributed by atoms with van der Waals surface area (Å²) in [5.74, 6) is 2.00. The SMILES string of the molecule is NC(Cc1nc(C2CN3CCCC3CO2)no1)C1CC1. The lowest BCUT2D eigenvalue weighted by molar-refractivity contribution is -0.0548. The van der Waals surface area contributed by atoms with E-state index in [0.717, 1.165) is 13.2 Å². The maximum absolute atomic E-state index is 6.10. The zero-order valence-corrected chi connectivity index (χ0v) is 11.7. The maximum Gasteiger partial charge on any atom is 0.228 e. The van der Waals surface area contributed by atoms with Crippen LogP contribution < -0.4 is 5.73 Å². The highest BCUT2D eigenvalue weighted by molar-refractivity contribution is 4.99. The third-order valence-electron chi connectivity index (χ3n) is 4.80. The van der Waals surface area contributed by atoms with Gasteiger partial charge in [0.15, 0.2) is 0 Å². The second-order valence-corrected chi connectivity index (χ2v) is 6.36. The minimum Gasteiger partial charge on any atom is -0.367 e. The topological polar surface area (TPSA) is 77.4 Å². The van der Waals surface area contributed by atoms with Gasteiger partial charge in [0.25, 0.3) is 0 Å². The van der Waals surface area contributed by atoms with Crippen molar-refractivity contribution in [2.75, 3.05) is 19.7 Å². The van der Waals surface area contributed by atoms with Crippen molar-refractivity contribution >= 4 is 0 Å². The molecule has 3 heterocycles. The van der Waals surface area contributed by atoms with Crippen molar-refractivity contribution in [3.63, 3.8) is 0 Å². The zero-order valence-electron chi connectivity index (χ0n) is 11.7. The normalized spacial score (nSPS) is 32.2. The lowest BCUT2D eigenvalue weighted by Crippen LogP contribution is -2.42. The summed E-state index contributed by atoms with van der Waals surface area (Å²) < 4.78 is 11.2. The third kappa shape index (κ3) is 2.47. The van der Waals surface area contributed by atoms with Gasteiger partial charge in [-0.15, -0.1) is 0 Å². The van der Waals surface area contributed by atoms with Crippen LogP contribution in [0, 0.1) is 5.92 Å². The van der Waals surface area contributed by atoms with Crippen LogP contribution in [0.5, 0.6) is 0 Å². The van der Waals surface area contributed by atoms with E-state index in [1.54, 1.807) is 0 Å². The first-order chi connectivity index (χ1) is 9.79. The minimum atomic E-state index is -0.0426. The summed E-state index contributed by atoms with van der Waals surface area (Å²) in [7, 11) is 0. The molecular weight excluding hydrogens is 256 g/mol. The molecule has 0 aromatic carbocycles. The van der Waals surface area contributed by atoms with Crippen LogP contribution in [0.1, 0.15) is 43.5 Å². The molecule has 0 amide bonds. The Bertz CT molecular complexity index is 473. The lowest BCUT2D eigenvalue weighted by Gasteiger charge is -2.33. The van der Waals surface area contributed by atoms with Gasteiger partial charge < -0.3 is 15.0 Å². The molecule has 2 N–H and O–H groups in total. The van der Waals surface area contributed by atoms with Gasteiger partial charge in [0.05, 0.1) is 6.61 Å². The molecule has 1 aliphatic carbocycles. The first-order valence-electron chi connectivity index (χ1n) is 7.73. The van der Waals surface area contributed by atoms with Gasteiger partial charge in [-0.05, 0) is 38.1 Å². The second-order valence-electron chi connectivity index (χ2n) is 6.36. The highest BCUT2D eigenvalue weighted by Crippen LogP contribution is 2.33. The molecule has 3 unspecified atom stereocenters. The Morgan fingerprint density at radius 3 is 3.10 bits per heavy atom. The van der Waals surface area contributed by atoms with E-state index in [0.29, 0.717) is 30.1 Å². The van der Waals surface area contributed by atoms with Crippen LogP contribution in [-0.4, -0.2) is 46.8 Å². The second kappa shape index (κ2) is 5.09.